The van der Waals surface area contributed by atoms with E-state index in [2.05, 4.69) is 12.1 Å². The van der Waals surface area contributed by atoms with Crippen molar-refractivity contribution >= 4 is 5.78 Å². The number of carbonyl (C=O) groups is 1. The highest BCUT2D eigenvalue weighted by molar-refractivity contribution is 6.01. The van der Waals surface area contributed by atoms with E-state index in [-0.39, 0.29) is 5.78 Å². The molecule has 2 rings (SSSR count). The van der Waals surface area contributed by atoms with Crippen molar-refractivity contribution in [2.75, 3.05) is 6.54 Å². The van der Waals surface area contributed by atoms with Crippen LogP contribution in [0.5, 0.6) is 0 Å². The van der Waals surface area contributed by atoms with E-state index >= 15 is 0 Å². The van der Waals surface area contributed by atoms with Crippen LogP contribution >= 0.6 is 0 Å². The minimum Gasteiger partial charge on any atom is -0.330 e. The zero-order chi connectivity index (χ0) is 10.1. The van der Waals surface area contributed by atoms with Crippen molar-refractivity contribution in [3.05, 3.63) is 34.9 Å². The first-order valence-corrected chi connectivity index (χ1v) is 5.06. The van der Waals surface area contributed by atoms with Crippen LogP contribution in [-0.4, -0.2) is 12.3 Å². The Morgan fingerprint density at radius 1 is 1.50 bits per heavy atom. The summed E-state index contributed by atoms with van der Waals surface area (Å²) in [5.74, 6) is 0.644. The number of carbonyl (C=O) groups excluding carboxylic acids is 1. The Labute approximate surface area is 84.1 Å². The second-order valence-corrected chi connectivity index (χ2v) is 3.99. The number of hydrogen-bond acceptors (Lipinski definition) is 2. The summed E-state index contributed by atoms with van der Waals surface area (Å²) < 4.78 is 0. The Morgan fingerprint density at radius 2 is 2.29 bits per heavy atom. The van der Waals surface area contributed by atoms with Gasteiger partial charge in [-0.05, 0) is 37.4 Å². The fourth-order valence-electron chi connectivity index (χ4n) is 2.17. The first-order chi connectivity index (χ1) is 6.72. The molecule has 2 N–H and O–H groups in total. The van der Waals surface area contributed by atoms with Gasteiger partial charge in [-0.25, -0.2) is 0 Å². The van der Waals surface area contributed by atoms with Gasteiger partial charge in [0.05, 0.1) is 0 Å². The second-order valence-electron chi connectivity index (χ2n) is 3.99. The number of nitrogens with two attached hydrogens (primary N) is 1. The van der Waals surface area contributed by atoms with Gasteiger partial charge in [0.15, 0.2) is 5.78 Å². The minimum atomic E-state index is 0.280. The number of hydrogen-bond donors (Lipinski definition) is 1. The number of benzene rings is 1. The smallest absolute Gasteiger partial charge is 0.163 e. The van der Waals surface area contributed by atoms with Crippen LogP contribution in [0.1, 0.15) is 40.2 Å². The van der Waals surface area contributed by atoms with Crippen LogP contribution in [0.3, 0.4) is 0 Å². The molecule has 0 fully saturated rings. The van der Waals surface area contributed by atoms with Gasteiger partial charge in [0.2, 0.25) is 0 Å². The number of fused-ring (bicyclic) bond motifs is 1. The zero-order valence-electron chi connectivity index (χ0n) is 8.42. The maximum Gasteiger partial charge on any atom is 0.163 e. The van der Waals surface area contributed by atoms with Gasteiger partial charge in [-0.1, -0.05) is 17.7 Å². The summed E-state index contributed by atoms with van der Waals surface area (Å²) >= 11 is 0. The Balaban J connectivity index is 2.39. The molecule has 0 saturated heterocycles. The molecule has 0 aliphatic heterocycles. The highest BCUT2D eigenvalue weighted by Gasteiger charge is 2.28. The van der Waals surface area contributed by atoms with Crippen LogP contribution in [0.4, 0.5) is 0 Å². The standard InChI is InChI=1S/C12H15NO/c1-8-2-3-10-9(4-5-13)7-12(14)11(10)6-8/h2-3,6,9H,4-5,7,13H2,1H3. The molecular formula is C12H15NO. The van der Waals surface area contributed by atoms with Crippen LogP contribution in [0.2, 0.25) is 0 Å². The van der Waals surface area contributed by atoms with Gasteiger partial charge < -0.3 is 5.73 Å². The number of aryl methyl sites for hydroxylation is 1. The maximum atomic E-state index is 11.7. The summed E-state index contributed by atoms with van der Waals surface area (Å²) in [6.07, 6.45) is 1.57. The summed E-state index contributed by atoms with van der Waals surface area (Å²) in [6.45, 7) is 2.68. The Bertz CT molecular complexity index is 371. The molecule has 0 amide bonds. The van der Waals surface area contributed by atoms with E-state index < -0.39 is 0 Å². The molecule has 0 saturated carbocycles. The Kier molecular flexibility index (Phi) is 2.38. The number of Topliss-reactive ketones (excluding diaryl/α,β-unsaturated/α-hetero) is 1. The van der Waals surface area contributed by atoms with E-state index in [1.165, 1.54) is 5.56 Å². The SMILES string of the molecule is Cc1ccc2c(c1)C(=O)CC2CCN. The fraction of sp³-hybridized carbons (Fsp3) is 0.417. The lowest BCUT2D eigenvalue weighted by Crippen LogP contribution is -2.05. The molecule has 0 heterocycles. The molecule has 1 aliphatic rings. The van der Waals surface area contributed by atoms with Crippen molar-refractivity contribution in [2.45, 2.75) is 25.7 Å². The van der Waals surface area contributed by atoms with Gasteiger partial charge in [-0.15, -0.1) is 0 Å². The zero-order valence-corrected chi connectivity index (χ0v) is 8.42. The monoisotopic (exact) mass is 189 g/mol. The molecule has 1 atom stereocenters. The first-order valence-electron chi connectivity index (χ1n) is 5.06. The van der Waals surface area contributed by atoms with Crippen molar-refractivity contribution < 1.29 is 4.79 Å². The molecule has 0 radical (unpaired) electrons. The van der Waals surface area contributed by atoms with E-state index in [1.807, 2.05) is 13.0 Å². The third kappa shape index (κ3) is 1.46. The van der Waals surface area contributed by atoms with Crippen molar-refractivity contribution in [1.29, 1.82) is 0 Å². The van der Waals surface area contributed by atoms with Crippen molar-refractivity contribution in [2.24, 2.45) is 5.73 Å². The molecule has 1 unspecified atom stereocenters. The first kappa shape index (κ1) is 9.41. The highest BCUT2D eigenvalue weighted by atomic mass is 16.1. The maximum absolute atomic E-state index is 11.7. The topological polar surface area (TPSA) is 43.1 Å². The lowest BCUT2D eigenvalue weighted by atomic mass is 9.97. The molecule has 1 aromatic carbocycles. The molecule has 1 aliphatic carbocycles. The summed E-state index contributed by atoms with van der Waals surface area (Å²) in [7, 11) is 0. The third-order valence-corrected chi connectivity index (χ3v) is 2.90. The third-order valence-electron chi connectivity index (χ3n) is 2.90. The van der Waals surface area contributed by atoms with E-state index in [1.54, 1.807) is 0 Å². The lowest BCUT2D eigenvalue weighted by Gasteiger charge is -2.08. The summed E-state index contributed by atoms with van der Waals surface area (Å²) in [4.78, 5) is 11.7. The molecule has 14 heavy (non-hydrogen) atoms. The van der Waals surface area contributed by atoms with Gasteiger partial charge in [0.1, 0.15) is 0 Å². The van der Waals surface area contributed by atoms with Crippen LogP contribution < -0.4 is 5.73 Å². The molecule has 2 heteroatoms. The van der Waals surface area contributed by atoms with Crippen molar-refractivity contribution in [3.8, 4) is 0 Å². The minimum absolute atomic E-state index is 0.280. The molecule has 0 bridgehead atoms. The summed E-state index contributed by atoms with van der Waals surface area (Å²) in [5.41, 5.74) is 8.81. The van der Waals surface area contributed by atoms with Crippen LogP contribution in [0.25, 0.3) is 0 Å². The van der Waals surface area contributed by atoms with E-state index in [9.17, 15) is 4.79 Å². The normalized spacial score (nSPS) is 19.9. The second kappa shape index (κ2) is 3.54. The molecule has 2 nitrogen and oxygen atoms in total. The van der Waals surface area contributed by atoms with Gasteiger partial charge >= 0.3 is 0 Å². The highest BCUT2D eigenvalue weighted by Crippen LogP contribution is 2.35. The summed E-state index contributed by atoms with van der Waals surface area (Å²) in [5, 5.41) is 0. The summed E-state index contributed by atoms with van der Waals surface area (Å²) in [6, 6.07) is 6.14. The van der Waals surface area contributed by atoms with E-state index in [0.29, 0.717) is 18.9 Å². The van der Waals surface area contributed by atoms with Gasteiger partial charge in [0, 0.05) is 12.0 Å². The van der Waals surface area contributed by atoms with Gasteiger partial charge in [-0.2, -0.15) is 0 Å². The average molecular weight is 189 g/mol. The van der Waals surface area contributed by atoms with E-state index in [4.69, 9.17) is 5.73 Å². The largest absolute Gasteiger partial charge is 0.330 e. The van der Waals surface area contributed by atoms with Gasteiger partial charge in [-0.3, -0.25) is 4.79 Å². The van der Waals surface area contributed by atoms with Crippen LogP contribution in [-0.2, 0) is 0 Å². The van der Waals surface area contributed by atoms with Gasteiger partial charge in [0.25, 0.3) is 0 Å². The fourth-order valence-corrected chi connectivity index (χ4v) is 2.17. The lowest BCUT2D eigenvalue weighted by molar-refractivity contribution is 0.0988. The molecule has 74 valence electrons. The number of ketones is 1. The molecule has 0 aromatic heterocycles. The molecule has 0 spiro atoms. The average Bonchev–Trinajstić information content (AvgIpc) is 2.44. The van der Waals surface area contributed by atoms with Crippen LogP contribution in [0, 0.1) is 6.92 Å². The predicted octanol–water partition coefficient (Wildman–Crippen LogP) is 2.01. The molecule has 1 aromatic rings. The van der Waals surface area contributed by atoms with Crippen molar-refractivity contribution in [1.82, 2.24) is 0 Å². The Morgan fingerprint density at radius 3 is 3.00 bits per heavy atom. The van der Waals surface area contributed by atoms with Crippen molar-refractivity contribution in [3.63, 3.8) is 0 Å². The van der Waals surface area contributed by atoms with E-state index in [0.717, 1.165) is 17.5 Å². The number of rotatable bonds is 2. The molecular weight excluding hydrogens is 174 g/mol. The predicted molar refractivity (Wildman–Crippen MR) is 56.5 cm³/mol. The Hall–Kier alpha value is -1.15. The van der Waals surface area contributed by atoms with Crippen LogP contribution in [0.15, 0.2) is 18.2 Å². The quantitative estimate of drug-likeness (QED) is 0.773.